The lowest BCUT2D eigenvalue weighted by atomic mass is 9.94. The van der Waals surface area contributed by atoms with Crippen LogP contribution >= 0.6 is 0 Å². The molecule has 1 atom stereocenters. The van der Waals surface area contributed by atoms with Gasteiger partial charge in [0.1, 0.15) is 23.2 Å². The van der Waals surface area contributed by atoms with Gasteiger partial charge in [-0.2, -0.15) is 0 Å². The van der Waals surface area contributed by atoms with Crippen LogP contribution in [0, 0.1) is 0 Å². The van der Waals surface area contributed by atoms with Crippen LogP contribution in [0.25, 0.3) is 0 Å². The van der Waals surface area contributed by atoms with Crippen molar-refractivity contribution >= 4 is 5.78 Å². The van der Waals surface area contributed by atoms with Crippen LogP contribution in [-0.2, 0) is 0 Å². The van der Waals surface area contributed by atoms with Gasteiger partial charge in [0.25, 0.3) is 0 Å². The molecule has 2 aromatic rings. The minimum absolute atomic E-state index is 0.0415. The molecule has 1 aliphatic rings. The van der Waals surface area contributed by atoms with Crippen LogP contribution in [0.1, 0.15) is 28.4 Å². The maximum Gasteiger partial charge on any atom is 0.204 e. The van der Waals surface area contributed by atoms with E-state index in [1.807, 2.05) is 0 Å². The lowest BCUT2D eigenvalue weighted by Gasteiger charge is -2.28. The van der Waals surface area contributed by atoms with Crippen LogP contribution in [-0.4, -0.2) is 30.2 Å². The lowest BCUT2D eigenvalue weighted by Crippen LogP contribution is -2.21. The van der Waals surface area contributed by atoms with Gasteiger partial charge in [0.05, 0.1) is 20.6 Å². The molecule has 6 heteroatoms. The summed E-state index contributed by atoms with van der Waals surface area (Å²) in [5.74, 6) is 0.0467. The third-order valence-electron chi connectivity index (χ3n) is 3.80. The Bertz CT molecular complexity index is 768. The van der Waals surface area contributed by atoms with E-state index in [1.165, 1.54) is 26.4 Å². The first kappa shape index (κ1) is 15.0. The van der Waals surface area contributed by atoms with Crippen LogP contribution < -0.4 is 14.2 Å². The number of para-hydroxylation sites is 1. The van der Waals surface area contributed by atoms with Crippen LogP contribution in [0.2, 0.25) is 0 Å². The minimum atomic E-state index is -0.670. The van der Waals surface area contributed by atoms with Gasteiger partial charge in [-0.1, -0.05) is 18.2 Å². The summed E-state index contributed by atoms with van der Waals surface area (Å²) < 4.78 is 16.2. The average molecular weight is 316 g/mol. The molecule has 0 radical (unpaired) electrons. The molecule has 0 saturated heterocycles. The highest BCUT2D eigenvalue weighted by Crippen LogP contribution is 2.50. The van der Waals surface area contributed by atoms with E-state index >= 15 is 0 Å². The Morgan fingerprint density at radius 1 is 1.13 bits per heavy atom. The maximum atomic E-state index is 12.6. The van der Waals surface area contributed by atoms with Gasteiger partial charge < -0.3 is 24.4 Å². The van der Waals surface area contributed by atoms with Crippen molar-refractivity contribution in [2.75, 3.05) is 14.2 Å². The monoisotopic (exact) mass is 316 g/mol. The van der Waals surface area contributed by atoms with Crippen LogP contribution in [0.5, 0.6) is 28.7 Å². The number of hydrogen-bond donors (Lipinski definition) is 2. The fraction of sp³-hybridized carbons (Fsp3) is 0.235. The van der Waals surface area contributed by atoms with Crippen molar-refractivity contribution in [3.05, 3.63) is 41.5 Å². The standard InChI is InChI=1S/C17H16O6/c1-21-14-8-12(20)16(22-2)17-15(14)11(19)7-13(23-17)9-5-3-4-6-10(9)18/h3-6,8,13,18,20H,7H2,1-2H3/t13-/m0/s1. The number of phenols is 2. The highest BCUT2D eigenvalue weighted by molar-refractivity contribution is 6.04. The van der Waals surface area contributed by atoms with Crippen molar-refractivity contribution in [2.45, 2.75) is 12.5 Å². The largest absolute Gasteiger partial charge is 0.508 e. The van der Waals surface area contributed by atoms with Gasteiger partial charge in [-0.15, -0.1) is 0 Å². The summed E-state index contributed by atoms with van der Waals surface area (Å²) in [6.45, 7) is 0. The topological polar surface area (TPSA) is 85.2 Å². The molecule has 6 nitrogen and oxygen atoms in total. The molecule has 0 aliphatic carbocycles. The number of methoxy groups -OCH3 is 2. The van der Waals surface area contributed by atoms with Gasteiger partial charge in [0.15, 0.2) is 17.3 Å². The molecule has 0 bridgehead atoms. The molecule has 3 rings (SSSR count). The second-order valence-electron chi connectivity index (χ2n) is 5.13. The molecule has 2 aromatic carbocycles. The second-order valence-corrected chi connectivity index (χ2v) is 5.13. The van der Waals surface area contributed by atoms with E-state index in [4.69, 9.17) is 14.2 Å². The molecular formula is C17H16O6. The SMILES string of the molecule is COc1cc(O)c(OC)c2c1C(=O)C[C@@H](c1ccccc1O)O2. The van der Waals surface area contributed by atoms with Gasteiger partial charge >= 0.3 is 0 Å². The van der Waals surface area contributed by atoms with E-state index in [9.17, 15) is 15.0 Å². The first-order valence-electron chi connectivity index (χ1n) is 7.02. The summed E-state index contributed by atoms with van der Waals surface area (Å²) in [4.78, 5) is 12.6. The van der Waals surface area contributed by atoms with E-state index in [-0.39, 0.29) is 46.5 Å². The molecule has 2 N–H and O–H groups in total. The molecular weight excluding hydrogens is 300 g/mol. The first-order valence-corrected chi connectivity index (χ1v) is 7.02. The molecule has 120 valence electrons. The Kier molecular flexibility index (Phi) is 3.73. The highest BCUT2D eigenvalue weighted by Gasteiger charge is 2.35. The van der Waals surface area contributed by atoms with Crippen LogP contribution in [0.3, 0.4) is 0 Å². The normalized spacial score (nSPS) is 16.4. The predicted octanol–water partition coefficient (Wildman–Crippen LogP) is 2.82. The number of ether oxygens (including phenoxy) is 3. The van der Waals surface area contributed by atoms with E-state index in [0.29, 0.717) is 5.56 Å². The Balaban J connectivity index is 2.14. The molecule has 0 amide bonds. The molecule has 23 heavy (non-hydrogen) atoms. The smallest absolute Gasteiger partial charge is 0.204 e. The Morgan fingerprint density at radius 3 is 2.52 bits per heavy atom. The molecule has 0 aromatic heterocycles. The minimum Gasteiger partial charge on any atom is -0.508 e. The number of ketones is 1. The van der Waals surface area contributed by atoms with E-state index in [1.54, 1.807) is 18.2 Å². The number of rotatable bonds is 3. The number of aromatic hydroxyl groups is 2. The fourth-order valence-corrected chi connectivity index (χ4v) is 2.73. The fourth-order valence-electron chi connectivity index (χ4n) is 2.73. The van der Waals surface area contributed by atoms with Crippen molar-refractivity contribution in [1.29, 1.82) is 0 Å². The molecule has 0 unspecified atom stereocenters. The molecule has 1 aliphatic heterocycles. The second kappa shape index (κ2) is 5.72. The molecule has 0 spiro atoms. The van der Waals surface area contributed by atoms with Crippen molar-refractivity contribution in [1.82, 2.24) is 0 Å². The Morgan fingerprint density at radius 2 is 1.87 bits per heavy atom. The van der Waals surface area contributed by atoms with Crippen LogP contribution in [0.4, 0.5) is 0 Å². The molecule has 0 fully saturated rings. The number of carbonyl (C=O) groups excluding carboxylic acids is 1. The first-order chi connectivity index (χ1) is 11.1. The number of phenolic OH excluding ortho intramolecular Hbond substituents is 2. The third-order valence-corrected chi connectivity index (χ3v) is 3.80. The number of benzene rings is 2. The zero-order chi connectivity index (χ0) is 16.6. The summed E-state index contributed by atoms with van der Waals surface area (Å²) in [7, 11) is 2.78. The Hall–Kier alpha value is -2.89. The van der Waals surface area contributed by atoms with Gasteiger partial charge in [-0.3, -0.25) is 4.79 Å². The van der Waals surface area contributed by atoms with Gasteiger partial charge in [-0.05, 0) is 6.07 Å². The van der Waals surface area contributed by atoms with Crippen LogP contribution in [0.15, 0.2) is 30.3 Å². The van der Waals surface area contributed by atoms with E-state index in [2.05, 4.69) is 0 Å². The van der Waals surface area contributed by atoms with Gasteiger partial charge in [-0.25, -0.2) is 0 Å². The number of fused-ring (bicyclic) bond motifs is 1. The summed E-state index contributed by atoms with van der Waals surface area (Å²) in [6.07, 6.45) is -0.619. The van der Waals surface area contributed by atoms with Crippen molar-refractivity contribution in [3.8, 4) is 28.7 Å². The van der Waals surface area contributed by atoms with Gasteiger partial charge in [0, 0.05) is 11.6 Å². The van der Waals surface area contributed by atoms with Gasteiger partial charge in [0.2, 0.25) is 5.75 Å². The number of Topliss-reactive ketones (excluding diaryl/α,β-unsaturated/α-hetero) is 1. The lowest BCUT2D eigenvalue weighted by molar-refractivity contribution is 0.0833. The number of hydrogen-bond acceptors (Lipinski definition) is 6. The highest BCUT2D eigenvalue weighted by atomic mass is 16.5. The zero-order valence-corrected chi connectivity index (χ0v) is 12.7. The average Bonchev–Trinajstić information content (AvgIpc) is 2.54. The summed E-state index contributed by atoms with van der Waals surface area (Å²) in [5, 5.41) is 20.0. The maximum absolute atomic E-state index is 12.6. The van der Waals surface area contributed by atoms with Crippen molar-refractivity contribution < 1.29 is 29.2 Å². The quantitative estimate of drug-likeness (QED) is 0.905. The van der Waals surface area contributed by atoms with E-state index < -0.39 is 6.10 Å². The zero-order valence-electron chi connectivity index (χ0n) is 12.7. The third kappa shape index (κ3) is 2.42. The molecule has 1 heterocycles. The Labute approximate surface area is 132 Å². The summed E-state index contributed by atoms with van der Waals surface area (Å²) in [5.41, 5.74) is 0.727. The molecule has 0 saturated carbocycles. The van der Waals surface area contributed by atoms with E-state index in [0.717, 1.165) is 0 Å². The number of carbonyl (C=O) groups is 1. The van der Waals surface area contributed by atoms with Crippen molar-refractivity contribution in [3.63, 3.8) is 0 Å². The predicted molar refractivity (Wildman–Crippen MR) is 81.6 cm³/mol. The summed E-state index contributed by atoms with van der Waals surface area (Å²) in [6, 6.07) is 7.97. The van der Waals surface area contributed by atoms with Crippen molar-refractivity contribution in [2.24, 2.45) is 0 Å². The summed E-state index contributed by atoms with van der Waals surface area (Å²) >= 11 is 0.